The number of phenols is 1. The van der Waals surface area contributed by atoms with E-state index >= 15 is 0 Å². The number of aliphatic carboxylic acids is 1. The van der Waals surface area contributed by atoms with Gasteiger partial charge in [-0.1, -0.05) is 18.2 Å². The molecule has 0 spiro atoms. The van der Waals surface area contributed by atoms with Crippen LogP contribution in [-0.4, -0.2) is 33.4 Å². The average molecular weight is 328 g/mol. The van der Waals surface area contributed by atoms with Crippen molar-refractivity contribution in [2.45, 2.75) is 6.92 Å². The summed E-state index contributed by atoms with van der Waals surface area (Å²) in [6.45, 7) is 1.90. The first-order valence-electron chi connectivity index (χ1n) is 7.14. The number of hydrogen-bond donors (Lipinski definition) is 2. The van der Waals surface area contributed by atoms with Crippen LogP contribution in [0.5, 0.6) is 5.75 Å². The second-order valence-electron chi connectivity index (χ2n) is 4.67. The first-order chi connectivity index (χ1) is 11.5. The van der Waals surface area contributed by atoms with Gasteiger partial charge in [-0.3, -0.25) is 0 Å². The number of aromatic hydroxyl groups is 1. The summed E-state index contributed by atoms with van der Waals surface area (Å²) in [6.07, 6.45) is 3.55. The first-order valence-corrected chi connectivity index (χ1v) is 7.14. The van der Waals surface area contributed by atoms with Gasteiger partial charge in [0.1, 0.15) is 11.4 Å². The molecule has 0 aliphatic carbocycles. The highest BCUT2D eigenvalue weighted by Crippen LogP contribution is 2.20. The van der Waals surface area contributed by atoms with Gasteiger partial charge in [-0.15, -0.1) is 0 Å². The quantitative estimate of drug-likeness (QED) is 0.839. The number of carboxylic acid groups (broad SMARTS) is 1. The maximum atomic E-state index is 11.5. The monoisotopic (exact) mass is 328 g/mol. The predicted molar refractivity (Wildman–Crippen MR) is 86.9 cm³/mol. The molecule has 7 nitrogen and oxygen atoms in total. The van der Waals surface area contributed by atoms with E-state index in [1.807, 2.05) is 0 Å². The van der Waals surface area contributed by atoms with Crippen LogP contribution in [0.2, 0.25) is 0 Å². The number of nitrogens with zero attached hydrogens (tertiary/aromatic N) is 2. The minimum absolute atomic E-state index is 0.0224. The van der Waals surface area contributed by atoms with E-state index < -0.39 is 12.1 Å². The van der Waals surface area contributed by atoms with Crippen LogP contribution in [-0.2, 0) is 9.53 Å². The Morgan fingerprint density at radius 2 is 1.88 bits per heavy atom. The Morgan fingerprint density at radius 1 is 1.21 bits per heavy atom. The van der Waals surface area contributed by atoms with E-state index in [-0.39, 0.29) is 18.1 Å². The molecule has 1 aromatic carbocycles. The van der Waals surface area contributed by atoms with Crippen LogP contribution in [0.15, 0.2) is 53.8 Å². The van der Waals surface area contributed by atoms with E-state index in [0.717, 1.165) is 0 Å². The summed E-state index contributed by atoms with van der Waals surface area (Å²) in [5.41, 5.74) is 0.307. The molecule has 24 heavy (non-hydrogen) atoms. The molecule has 1 heterocycles. The maximum absolute atomic E-state index is 11.5. The number of phenolic OH excluding ortho intramolecular Hbond substituents is 1. The van der Waals surface area contributed by atoms with Gasteiger partial charge < -0.3 is 19.5 Å². The highest BCUT2D eigenvalue weighted by atomic mass is 16.5. The Hall–Kier alpha value is -3.35. The van der Waals surface area contributed by atoms with Gasteiger partial charge in [0.25, 0.3) is 0 Å². The van der Waals surface area contributed by atoms with Crippen LogP contribution in [0.1, 0.15) is 12.5 Å². The fourth-order valence-electron chi connectivity index (χ4n) is 1.92. The number of para-hydroxylation sites is 1. The van der Waals surface area contributed by atoms with Crippen molar-refractivity contribution < 1.29 is 24.5 Å². The number of pyridine rings is 1. The van der Waals surface area contributed by atoms with Crippen LogP contribution in [0.4, 0.5) is 4.79 Å². The van der Waals surface area contributed by atoms with Crippen LogP contribution in [0.3, 0.4) is 0 Å². The van der Waals surface area contributed by atoms with Crippen molar-refractivity contribution in [1.82, 2.24) is 4.57 Å². The summed E-state index contributed by atoms with van der Waals surface area (Å²) in [4.78, 5) is 26.5. The van der Waals surface area contributed by atoms with E-state index in [4.69, 9.17) is 4.74 Å². The lowest BCUT2D eigenvalue weighted by Crippen LogP contribution is -2.12. The third-order valence-electron chi connectivity index (χ3n) is 3.03. The number of carboxylic acids is 1. The minimum atomic E-state index is -1.17. The number of hydrogen-bond acceptors (Lipinski definition) is 4. The molecule has 0 saturated heterocycles. The molecule has 0 aliphatic heterocycles. The topological polar surface area (TPSA) is 101 Å². The summed E-state index contributed by atoms with van der Waals surface area (Å²) in [7, 11) is 0. The zero-order valence-electron chi connectivity index (χ0n) is 12.9. The van der Waals surface area contributed by atoms with Gasteiger partial charge in [-0.05, 0) is 31.2 Å². The molecule has 2 N–H and O–H groups in total. The number of benzene rings is 1. The standard InChI is InChI=1S/C17H16N2O5/c1-2-24-17(23)18-13-7-9-19(10-8-13)14(16(21)22)11-12-5-3-4-6-15(12)20/h3-11,20H,2H2,1H3,(H,21,22). The third kappa shape index (κ3) is 4.33. The summed E-state index contributed by atoms with van der Waals surface area (Å²) in [6, 6.07) is 9.38. The number of rotatable bonds is 4. The van der Waals surface area contributed by atoms with Crippen molar-refractivity contribution in [1.29, 1.82) is 0 Å². The summed E-state index contributed by atoms with van der Waals surface area (Å²) < 4.78 is 6.05. The molecule has 7 heteroatoms. The average Bonchev–Trinajstić information content (AvgIpc) is 2.55. The van der Waals surface area contributed by atoms with Gasteiger partial charge in [0.15, 0.2) is 0 Å². The molecule has 0 fully saturated rings. The molecular formula is C17H16N2O5. The Balaban J connectivity index is 2.38. The summed E-state index contributed by atoms with van der Waals surface area (Å²) in [5, 5.41) is 19.5. The molecule has 2 rings (SSSR count). The fraction of sp³-hybridized carbons (Fsp3) is 0.118. The highest BCUT2D eigenvalue weighted by Gasteiger charge is 2.10. The Morgan fingerprint density at radius 3 is 2.46 bits per heavy atom. The van der Waals surface area contributed by atoms with Crippen molar-refractivity contribution in [3.05, 3.63) is 59.7 Å². The van der Waals surface area contributed by atoms with E-state index in [2.05, 4.69) is 4.99 Å². The number of carbonyl (C=O) groups excluding carboxylic acids is 1. The van der Waals surface area contributed by atoms with Crippen LogP contribution in [0.25, 0.3) is 11.8 Å². The largest absolute Gasteiger partial charge is 0.507 e. The van der Waals surface area contributed by atoms with Crippen LogP contribution < -0.4 is 5.36 Å². The van der Waals surface area contributed by atoms with Gasteiger partial charge >= 0.3 is 12.1 Å². The zero-order chi connectivity index (χ0) is 17.5. The maximum Gasteiger partial charge on any atom is 0.434 e. The molecule has 1 amide bonds. The third-order valence-corrected chi connectivity index (χ3v) is 3.03. The number of amides is 1. The highest BCUT2D eigenvalue weighted by molar-refractivity contribution is 6.14. The zero-order valence-corrected chi connectivity index (χ0v) is 12.9. The molecule has 0 unspecified atom stereocenters. The van der Waals surface area contributed by atoms with Crippen molar-refractivity contribution >= 4 is 23.8 Å². The molecule has 0 bridgehead atoms. The summed E-state index contributed by atoms with van der Waals surface area (Å²) >= 11 is 0. The Bertz CT molecular complexity index is 832. The summed E-state index contributed by atoms with van der Waals surface area (Å²) in [5.74, 6) is -1.19. The van der Waals surface area contributed by atoms with Gasteiger partial charge in [0.2, 0.25) is 0 Å². The van der Waals surface area contributed by atoms with Crippen molar-refractivity contribution in [3.8, 4) is 5.75 Å². The van der Waals surface area contributed by atoms with Crippen LogP contribution >= 0.6 is 0 Å². The van der Waals surface area contributed by atoms with E-state index in [0.29, 0.717) is 10.9 Å². The van der Waals surface area contributed by atoms with E-state index in [1.54, 1.807) is 25.1 Å². The molecular weight excluding hydrogens is 312 g/mol. The lowest BCUT2D eigenvalue weighted by molar-refractivity contribution is -0.130. The lowest BCUT2D eigenvalue weighted by atomic mass is 10.1. The first kappa shape index (κ1) is 17.0. The lowest BCUT2D eigenvalue weighted by Gasteiger charge is -2.08. The molecule has 124 valence electrons. The molecule has 0 aliphatic rings. The fourth-order valence-corrected chi connectivity index (χ4v) is 1.92. The smallest absolute Gasteiger partial charge is 0.434 e. The minimum Gasteiger partial charge on any atom is -0.507 e. The van der Waals surface area contributed by atoms with Gasteiger partial charge in [0, 0.05) is 18.0 Å². The van der Waals surface area contributed by atoms with E-state index in [1.165, 1.54) is 41.2 Å². The van der Waals surface area contributed by atoms with Gasteiger partial charge in [0.05, 0.1) is 12.0 Å². The van der Waals surface area contributed by atoms with Crippen molar-refractivity contribution in [2.24, 2.45) is 4.99 Å². The van der Waals surface area contributed by atoms with Gasteiger partial charge in [-0.2, -0.15) is 4.99 Å². The SMILES string of the molecule is CCOC(=O)N=c1ccn(C(=Cc2ccccc2O)C(=O)O)cc1. The van der Waals surface area contributed by atoms with Crippen molar-refractivity contribution in [3.63, 3.8) is 0 Å². The van der Waals surface area contributed by atoms with Crippen molar-refractivity contribution in [2.75, 3.05) is 6.61 Å². The number of aromatic nitrogens is 1. The van der Waals surface area contributed by atoms with E-state index in [9.17, 15) is 19.8 Å². The molecule has 0 saturated carbocycles. The second kappa shape index (κ2) is 7.77. The molecule has 1 aromatic heterocycles. The normalized spacial score (nSPS) is 11.0. The Kier molecular flexibility index (Phi) is 5.51. The molecule has 0 radical (unpaired) electrons. The Labute approximate surface area is 137 Å². The van der Waals surface area contributed by atoms with Crippen LogP contribution in [0, 0.1) is 0 Å². The number of carbonyl (C=O) groups is 2. The molecule has 2 aromatic rings. The molecule has 0 atom stereocenters. The predicted octanol–water partition coefficient (Wildman–Crippen LogP) is 2.33. The number of ether oxygens (including phenoxy) is 1. The van der Waals surface area contributed by atoms with Gasteiger partial charge in [-0.25, -0.2) is 9.59 Å². The second-order valence-corrected chi connectivity index (χ2v) is 4.67.